The summed E-state index contributed by atoms with van der Waals surface area (Å²) in [5.74, 6) is 0. The number of unbranched alkanes of at least 4 members (excludes halogenated alkanes) is 3. The van der Waals surface area contributed by atoms with Crippen molar-refractivity contribution in [3.8, 4) is 22.3 Å². The molecule has 0 N–H and O–H groups in total. The van der Waals surface area contributed by atoms with Gasteiger partial charge in [0.25, 0.3) is 0 Å². The number of hydrogen-bond donors (Lipinski definition) is 0. The molecular weight excluding hydrogens is 1130 g/mol. The van der Waals surface area contributed by atoms with Gasteiger partial charge in [0.05, 0.1) is 0 Å². The molecule has 0 aliphatic rings. The molecule has 0 nitrogen and oxygen atoms in total. The molecule has 8 heteroatoms. The second-order valence-electron chi connectivity index (χ2n) is 15.8. The van der Waals surface area contributed by atoms with Gasteiger partial charge in [0.15, 0.2) is 0 Å². The fourth-order valence-electron chi connectivity index (χ4n) is 7.77. The van der Waals surface area contributed by atoms with Gasteiger partial charge in [-0.25, -0.2) is 0 Å². The first-order valence-electron chi connectivity index (χ1n) is 23.7. The van der Waals surface area contributed by atoms with Gasteiger partial charge in [-0.05, 0) is 24.0 Å². The zero-order valence-corrected chi connectivity index (χ0v) is 51.9. The molecule has 0 unspecified atom stereocenters. The summed E-state index contributed by atoms with van der Waals surface area (Å²) in [5, 5.41) is 10.8. The van der Waals surface area contributed by atoms with Crippen LogP contribution in [-0.4, -0.2) is 20.5 Å². The molecule has 362 valence electrons. The Bertz CT molecular complexity index is 2580. The van der Waals surface area contributed by atoms with Crippen molar-refractivity contribution in [1.29, 1.82) is 0 Å². The van der Waals surface area contributed by atoms with Crippen LogP contribution in [0.15, 0.2) is 194 Å². The van der Waals surface area contributed by atoms with Gasteiger partial charge in [-0.15, -0.1) is 150 Å². The fourth-order valence-corrected chi connectivity index (χ4v) is 7.77. The number of rotatable bonds is 7. The quantitative estimate of drug-likeness (QED) is 0.0848. The molecule has 0 bridgehead atoms. The van der Waals surface area contributed by atoms with E-state index in [9.17, 15) is 0 Å². The summed E-state index contributed by atoms with van der Waals surface area (Å²) >= 11 is -1.65. The van der Waals surface area contributed by atoms with Crippen molar-refractivity contribution in [2.45, 2.75) is 86.2 Å². The van der Waals surface area contributed by atoms with Crippen LogP contribution in [0.1, 0.15) is 68.7 Å². The molecule has 0 aliphatic heterocycles. The molecule has 10 aromatic carbocycles. The predicted octanol–water partition coefficient (Wildman–Crippen LogP) is 20.9. The van der Waals surface area contributed by atoms with Crippen LogP contribution in [-0.2, 0) is 54.5 Å². The topological polar surface area (TPSA) is 0 Å². The average Bonchev–Trinajstić information content (AvgIpc) is 4.22. The molecule has 0 amide bonds. The van der Waals surface area contributed by atoms with Crippen LogP contribution in [0.25, 0.3) is 65.3 Å². The second kappa shape index (κ2) is 38.7. The molecular formula is C62H67Cl4Si2Zr2-3. The van der Waals surface area contributed by atoms with Crippen LogP contribution >= 0.6 is 34.1 Å². The van der Waals surface area contributed by atoms with Crippen LogP contribution < -0.4 is 0 Å². The van der Waals surface area contributed by atoms with Crippen molar-refractivity contribution in [2.24, 2.45) is 0 Å². The Kier molecular flexibility index (Phi) is 35.0. The van der Waals surface area contributed by atoms with Crippen molar-refractivity contribution < 1.29 is 41.7 Å². The van der Waals surface area contributed by atoms with E-state index in [-0.39, 0.29) is 0 Å². The van der Waals surface area contributed by atoms with Crippen molar-refractivity contribution in [1.82, 2.24) is 0 Å². The second-order valence-corrected chi connectivity index (χ2v) is 23.3. The molecule has 70 heavy (non-hydrogen) atoms. The van der Waals surface area contributed by atoms with E-state index in [1.54, 1.807) is 13.1 Å². The molecule has 0 spiro atoms. The maximum atomic E-state index is 4.93. The van der Waals surface area contributed by atoms with E-state index >= 15 is 0 Å². The van der Waals surface area contributed by atoms with Gasteiger partial charge in [-0.1, -0.05) is 163 Å². The third-order valence-electron chi connectivity index (χ3n) is 11.0. The Morgan fingerprint density at radius 2 is 0.814 bits per heavy atom. The summed E-state index contributed by atoms with van der Waals surface area (Å²) in [7, 11) is 25.7. The fraction of sp³-hybridized carbons (Fsp3) is 0.210. The Labute approximate surface area is 466 Å². The van der Waals surface area contributed by atoms with Gasteiger partial charge in [-0.2, -0.15) is 30.7 Å². The first-order chi connectivity index (χ1) is 34.2. The normalized spacial score (nSPS) is 9.57. The van der Waals surface area contributed by atoms with Crippen LogP contribution in [0.4, 0.5) is 0 Å². The zero-order chi connectivity index (χ0) is 51.5. The van der Waals surface area contributed by atoms with E-state index in [2.05, 4.69) is 256 Å². The van der Waals surface area contributed by atoms with E-state index in [0.717, 1.165) is 19.3 Å². The summed E-state index contributed by atoms with van der Waals surface area (Å²) in [4.78, 5) is 0. The van der Waals surface area contributed by atoms with Crippen LogP contribution in [0.2, 0.25) is 13.1 Å². The molecule has 6 radical (unpaired) electrons. The van der Waals surface area contributed by atoms with E-state index in [1.807, 2.05) is 0 Å². The van der Waals surface area contributed by atoms with E-state index in [4.69, 9.17) is 34.1 Å². The molecule has 10 aromatic rings. The number of fused-ring (bicyclic) bond motifs is 4. The summed E-state index contributed by atoms with van der Waals surface area (Å²) in [5.41, 5.74) is 10.8. The number of hydrogen-bond acceptors (Lipinski definition) is 0. The van der Waals surface area contributed by atoms with Crippen LogP contribution in [0, 0.1) is 20.8 Å². The summed E-state index contributed by atoms with van der Waals surface area (Å²) in [6.07, 6.45) is 7.34. The summed E-state index contributed by atoms with van der Waals surface area (Å²) in [6, 6.07) is 69.1. The van der Waals surface area contributed by atoms with Gasteiger partial charge in [0.1, 0.15) is 0 Å². The van der Waals surface area contributed by atoms with Crippen molar-refractivity contribution in [3.05, 3.63) is 223 Å². The summed E-state index contributed by atoms with van der Waals surface area (Å²) < 4.78 is 0. The first kappa shape index (κ1) is 63.2. The Hall–Kier alpha value is -2.88. The Morgan fingerprint density at radius 3 is 1.13 bits per heavy atom. The summed E-state index contributed by atoms with van der Waals surface area (Å²) in [6.45, 7) is 18.2. The first-order valence-corrected chi connectivity index (χ1v) is 38.3. The van der Waals surface area contributed by atoms with Crippen LogP contribution in [0.3, 0.4) is 0 Å². The molecule has 10 rings (SSSR count). The van der Waals surface area contributed by atoms with Gasteiger partial charge in [0.2, 0.25) is 0 Å². The van der Waals surface area contributed by atoms with Crippen molar-refractivity contribution in [3.63, 3.8) is 0 Å². The van der Waals surface area contributed by atoms with Gasteiger partial charge in [-0.3, -0.25) is 0 Å². The Balaban J connectivity index is 0.000000294. The van der Waals surface area contributed by atoms with Crippen molar-refractivity contribution >= 4 is 97.6 Å². The van der Waals surface area contributed by atoms with Crippen molar-refractivity contribution in [2.75, 3.05) is 0 Å². The monoisotopic (exact) mass is 1190 g/mol. The molecule has 0 saturated carbocycles. The number of benzene rings is 6. The zero-order valence-electron chi connectivity index (χ0n) is 41.9. The third-order valence-corrected chi connectivity index (χ3v) is 11.0. The molecule has 0 aliphatic carbocycles. The number of aryl methyl sites for hydroxylation is 4. The Morgan fingerprint density at radius 1 is 0.471 bits per heavy atom. The average molecular weight is 1190 g/mol. The minimum absolute atomic E-state index is 0.826. The minimum atomic E-state index is -0.826. The van der Waals surface area contributed by atoms with E-state index in [0.29, 0.717) is 0 Å². The predicted molar refractivity (Wildman–Crippen MR) is 313 cm³/mol. The van der Waals surface area contributed by atoms with Gasteiger partial charge < -0.3 is 6.92 Å². The maximum absolute atomic E-state index is 4.93. The molecule has 0 saturated heterocycles. The molecule has 0 fully saturated rings. The SMILES string of the molecule is CCc1cc2ccccc2[cH-]1.CCc1cc2ccccc2[cH-]1.C[Si].C[Si].Cc1cc2c(-c3ccccc3)cccc2[cH-]1.Cc1cc2c(-c3ccccc3)cccc2[cH-]1.[CH2-]CCCCC.[Cl][Zr+2][Cl].[Cl][Zr][Cl]. The molecule has 0 atom stereocenters. The van der Waals surface area contributed by atoms with Gasteiger partial charge >= 0.3 is 75.7 Å². The standard InChI is InChI=1S/2C16H13.2C11H11.C6H13.2CH3Si.4ClH.2Zr/c2*1-12-10-14-8-5-9-15(16(14)11-12)13-6-3-2-4-7-13;2*1-2-9-7-10-5-3-4-6-11(10)8-9;1-3-5-6-4-2;2*1-2;;;;;;/h2*2-11H,1H3;2*3-8H,2H2,1H3;1,3-6H2,2H3;2*1H3;4*1H;;/q5*-1;;;;;;;+2;+4/p-4. The van der Waals surface area contributed by atoms with Gasteiger partial charge in [0, 0.05) is 20.5 Å². The van der Waals surface area contributed by atoms with E-state index < -0.39 is 41.7 Å². The van der Waals surface area contributed by atoms with E-state index in [1.165, 1.54) is 107 Å². The van der Waals surface area contributed by atoms with Crippen LogP contribution in [0.5, 0.6) is 0 Å². The number of halogens is 4. The molecule has 0 heterocycles. The third kappa shape index (κ3) is 22.1. The molecule has 0 aromatic heterocycles.